The van der Waals surface area contributed by atoms with Gasteiger partial charge in [0.15, 0.2) is 5.78 Å². The Morgan fingerprint density at radius 2 is 1.89 bits per heavy atom. The summed E-state index contributed by atoms with van der Waals surface area (Å²) in [4.78, 5) is 25.3. The molecule has 0 aliphatic rings. The van der Waals surface area contributed by atoms with Crippen LogP contribution in [0.4, 0.5) is 0 Å². The highest BCUT2D eigenvalue weighted by atomic mass is 127. The van der Waals surface area contributed by atoms with Gasteiger partial charge in [0.1, 0.15) is 0 Å². The maximum Gasteiger partial charge on any atom is 0.223 e. The number of amides is 1. The van der Waals surface area contributed by atoms with E-state index in [0.29, 0.717) is 18.7 Å². The Morgan fingerprint density at radius 3 is 2.42 bits per heavy atom. The summed E-state index contributed by atoms with van der Waals surface area (Å²) in [5.41, 5.74) is 0.708. The van der Waals surface area contributed by atoms with E-state index in [2.05, 4.69) is 27.9 Å². The normalized spacial score (nSPS) is 12.3. The predicted octanol–water partition coefficient (Wildman–Crippen LogP) is 1.79. The Bertz CT molecular complexity index is 445. The third-order valence-corrected chi connectivity index (χ3v) is 3.58. The van der Waals surface area contributed by atoms with E-state index < -0.39 is 0 Å². The first-order valence-corrected chi connectivity index (χ1v) is 7.20. The second-order valence-electron chi connectivity index (χ2n) is 4.64. The van der Waals surface area contributed by atoms with Gasteiger partial charge >= 0.3 is 0 Å². The number of hydrogen-bond acceptors (Lipinski definition) is 3. The van der Waals surface area contributed by atoms with Crippen LogP contribution in [0, 0.1) is 9.49 Å². The Morgan fingerprint density at radius 1 is 1.32 bits per heavy atom. The lowest BCUT2D eigenvalue weighted by molar-refractivity contribution is -0.124. The van der Waals surface area contributed by atoms with Crippen molar-refractivity contribution in [1.82, 2.24) is 10.2 Å². The zero-order chi connectivity index (χ0) is 14.4. The van der Waals surface area contributed by atoms with Gasteiger partial charge in [-0.1, -0.05) is 19.1 Å². The van der Waals surface area contributed by atoms with Gasteiger partial charge in [0.05, 0.1) is 6.54 Å². The molecule has 1 amide bonds. The molecule has 1 aromatic rings. The summed E-state index contributed by atoms with van der Waals surface area (Å²) in [7, 11) is 3.47. The van der Waals surface area contributed by atoms with Gasteiger partial charge in [-0.25, -0.2) is 0 Å². The predicted molar refractivity (Wildman–Crippen MR) is 84.2 cm³/mol. The van der Waals surface area contributed by atoms with Gasteiger partial charge in [-0.3, -0.25) is 14.5 Å². The fraction of sp³-hybridized carbons (Fsp3) is 0.429. The maximum atomic E-state index is 12.0. The van der Waals surface area contributed by atoms with Crippen molar-refractivity contribution in [3.63, 3.8) is 0 Å². The number of nitrogens with one attached hydrogen (secondary N) is 1. The summed E-state index contributed by atoms with van der Waals surface area (Å²) in [6.45, 7) is 2.74. The highest BCUT2D eigenvalue weighted by Crippen LogP contribution is 2.08. The number of Topliss-reactive ketones (excluding diaryl/α,β-unsaturated/α-hetero) is 1. The monoisotopic (exact) mass is 374 g/mol. The van der Waals surface area contributed by atoms with Crippen LogP contribution in [0.5, 0.6) is 0 Å². The van der Waals surface area contributed by atoms with Crippen molar-refractivity contribution in [3.05, 3.63) is 33.4 Å². The number of carbonyl (C=O) groups excluding carboxylic acids is 2. The molecule has 0 aliphatic carbocycles. The first-order chi connectivity index (χ1) is 8.93. The fourth-order valence-corrected chi connectivity index (χ4v) is 2.19. The number of nitrogens with zero attached hydrogens (tertiary/aromatic N) is 1. The Balaban J connectivity index is 2.52. The fourth-order valence-electron chi connectivity index (χ4n) is 1.83. The van der Waals surface area contributed by atoms with Crippen LogP contribution in [0.15, 0.2) is 24.3 Å². The molecule has 0 aliphatic heterocycles. The van der Waals surface area contributed by atoms with Crippen LogP contribution in [0.1, 0.15) is 17.3 Å². The second-order valence-corrected chi connectivity index (χ2v) is 5.89. The summed E-state index contributed by atoms with van der Waals surface area (Å²) in [5.74, 6) is -0.0592. The van der Waals surface area contributed by atoms with Gasteiger partial charge in [0, 0.05) is 28.6 Å². The molecular formula is C14H19IN2O2. The van der Waals surface area contributed by atoms with Gasteiger partial charge in [0.2, 0.25) is 5.91 Å². The Hall–Kier alpha value is -0.950. The first-order valence-electron chi connectivity index (χ1n) is 6.13. The Kier molecular flexibility index (Phi) is 6.44. The molecule has 4 nitrogen and oxygen atoms in total. The molecule has 1 N–H and O–H groups in total. The molecule has 0 aromatic heterocycles. The van der Waals surface area contributed by atoms with Crippen LogP contribution in [0.3, 0.4) is 0 Å². The van der Waals surface area contributed by atoms with Crippen LogP contribution in [-0.2, 0) is 4.79 Å². The molecule has 0 saturated heterocycles. The molecule has 0 radical (unpaired) electrons. The van der Waals surface area contributed by atoms with E-state index in [1.54, 1.807) is 7.05 Å². The number of hydrogen-bond donors (Lipinski definition) is 1. The van der Waals surface area contributed by atoms with Gasteiger partial charge in [0.25, 0.3) is 0 Å². The molecule has 0 bridgehead atoms. The highest BCUT2D eigenvalue weighted by molar-refractivity contribution is 14.1. The van der Waals surface area contributed by atoms with Crippen LogP contribution >= 0.6 is 22.6 Å². The van der Waals surface area contributed by atoms with Crippen LogP contribution in [-0.4, -0.2) is 43.8 Å². The molecule has 5 heteroatoms. The maximum absolute atomic E-state index is 12.0. The topological polar surface area (TPSA) is 49.4 Å². The smallest absolute Gasteiger partial charge is 0.223 e. The summed E-state index contributed by atoms with van der Waals surface area (Å²) >= 11 is 2.21. The third-order valence-electron chi connectivity index (χ3n) is 2.86. The van der Waals surface area contributed by atoms with Crippen molar-refractivity contribution in [3.8, 4) is 0 Å². The quantitative estimate of drug-likeness (QED) is 0.610. The van der Waals surface area contributed by atoms with Crippen LogP contribution in [0.2, 0.25) is 0 Å². The molecule has 19 heavy (non-hydrogen) atoms. The summed E-state index contributed by atoms with van der Waals surface area (Å²) in [6, 6.07) is 7.50. The molecule has 0 fully saturated rings. The van der Waals surface area contributed by atoms with Crippen molar-refractivity contribution in [2.75, 3.05) is 27.2 Å². The molecule has 1 aromatic carbocycles. The number of carbonyl (C=O) groups is 2. The minimum atomic E-state index is -0.125. The lowest BCUT2D eigenvalue weighted by atomic mass is 10.1. The molecule has 0 heterocycles. The largest absolute Gasteiger partial charge is 0.359 e. The highest BCUT2D eigenvalue weighted by Gasteiger charge is 2.16. The number of rotatable bonds is 6. The van der Waals surface area contributed by atoms with E-state index in [-0.39, 0.29) is 17.6 Å². The van der Waals surface area contributed by atoms with Crippen LogP contribution < -0.4 is 5.32 Å². The van der Waals surface area contributed by atoms with E-state index in [1.165, 1.54) is 0 Å². The van der Waals surface area contributed by atoms with Gasteiger partial charge in [-0.05, 0) is 41.8 Å². The lowest BCUT2D eigenvalue weighted by Crippen LogP contribution is -2.36. The average Bonchev–Trinajstić information content (AvgIpc) is 2.38. The standard InChI is InChI=1S/C14H19IN2O2/c1-10(14(19)16-2)8-17(3)9-13(18)11-4-6-12(15)7-5-11/h4-7,10H,8-9H2,1-3H3,(H,16,19). The zero-order valence-corrected chi connectivity index (χ0v) is 13.6. The number of ketones is 1. The minimum Gasteiger partial charge on any atom is -0.359 e. The summed E-state index contributed by atoms with van der Waals surface area (Å²) in [6.07, 6.45) is 0. The van der Waals surface area contributed by atoms with Crippen molar-refractivity contribution < 1.29 is 9.59 Å². The zero-order valence-electron chi connectivity index (χ0n) is 11.4. The summed E-state index contributed by atoms with van der Waals surface area (Å²) in [5, 5.41) is 2.61. The van der Waals surface area contributed by atoms with E-state index >= 15 is 0 Å². The first kappa shape index (κ1) is 16.1. The lowest BCUT2D eigenvalue weighted by Gasteiger charge is -2.19. The van der Waals surface area contributed by atoms with Crippen molar-refractivity contribution in [2.45, 2.75) is 6.92 Å². The number of likely N-dealkylation sites (N-methyl/N-ethyl adjacent to an activating group) is 1. The average molecular weight is 374 g/mol. The second kappa shape index (κ2) is 7.59. The van der Waals surface area contributed by atoms with Gasteiger partial charge in [-0.15, -0.1) is 0 Å². The SMILES string of the molecule is CNC(=O)C(C)CN(C)CC(=O)c1ccc(I)cc1. The van der Waals surface area contributed by atoms with E-state index in [4.69, 9.17) is 0 Å². The molecule has 0 saturated carbocycles. The molecule has 0 spiro atoms. The third kappa shape index (κ3) is 5.28. The number of benzene rings is 1. The number of halogens is 1. The van der Waals surface area contributed by atoms with Crippen molar-refractivity contribution >= 4 is 34.3 Å². The van der Waals surface area contributed by atoms with E-state index in [9.17, 15) is 9.59 Å². The molecule has 104 valence electrons. The Labute approximate surface area is 127 Å². The molecule has 1 rings (SSSR count). The van der Waals surface area contributed by atoms with E-state index in [0.717, 1.165) is 3.57 Å². The minimum absolute atomic E-state index is 0.00596. The van der Waals surface area contributed by atoms with Crippen molar-refractivity contribution in [1.29, 1.82) is 0 Å². The van der Waals surface area contributed by atoms with Crippen molar-refractivity contribution in [2.24, 2.45) is 5.92 Å². The van der Waals surface area contributed by atoms with Crippen LogP contribution in [0.25, 0.3) is 0 Å². The van der Waals surface area contributed by atoms with Gasteiger partial charge < -0.3 is 5.32 Å². The summed E-state index contributed by atoms with van der Waals surface area (Å²) < 4.78 is 1.11. The molecule has 1 atom stereocenters. The van der Waals surface area contributed by atoms with Gasteiger partial charge in [-0.2, -0.15) is 0 Å². The molecule has 1 unspecified atom stereocenters. The molecular weight excluding hydrogens is 355 g/mol. The van der Waals surface area contributed by atoms with E-state index in [1.807, 2.05) is 43.1 Å².